The number of benzene rings is 1. The van der Waals surface area contributed by atoms with Crippen molar-refractivity contribution in [1.29, 1.82) is 5.26 Å². The van der Waals surface area contributed by atoms with Crippen LogP contribution in [0, 0.1) is 11.3 Å². The lowest BCUT2D eigenvalue weighted by Crippen LogP contribution is -2.39. The fourth-order valence-electron chi connectivity index (χ4n) is 2.94. The van der Waals surface area contributed by atoms with Crippen molar-refractivity contribution in [3.05, 3.63) is 35.9 Å². The molecule has 0 spiro atoms. The minimum Gasteiger partial charge on any atom is -0.407 e. The van der Waals surface area contributed by atoms with Gasteiger partial charge in [0.1, 0.15) is 5.82 Å². The third-order valence-electron chi connectivity index (χ3n) is 4.14. The second-order valence-electron chi connectivity index (χ2n) is 6.12. The van der Waals surface area contributed by atoms with E-state index in [1.807, 2.05) is 18.2 Å². The summed E-state index contributed by atoms with van der Waals surface area (Å²) in [5, 5.41) is 12.3. The van der Waals surface area contributed by atoms with Crippen molar-refractivity contribution in [2.24, 2.45) is 0 Å². The third-order valence-corrected chi connectivity index (χ3v) is 4.14. The van der Waals surface area contributed by atoms with E-state index in [4.69, 9.17) is 15.7 Å². The van der Waals surface area contributed by atoms with Crippen molar-refractivity contribution in [2.45, 2.75) is 25.8 Å². The van der Waals surface area contributed by atoms with E-state index in [9.17, 15) is 4.79 Å². The topological polar surface area (TPSA) is 117 Å². The SMILES string of the molecule is CC(=O)Oc1cc(N)nc(NC2CCN(c3cccc(C#N)c3)CC2)n1. The van der Waals surface area contributed by atoms with Crippen LogP contribution < -0.4 is 20.7 Å². The van der Waals surface area contributed by atoms with E-state index in [0.717, 1.165) is 31.6 Å². The summed E-state index contributed by atoms with van der Waals surface area (Å²) in [5.41, 5.74) is 7.47. The van der Waals surface area contributed by atoms with Crippen LogP contribution in [0.4, 0.5) is 17.5 Å². The highest BCUT2D eigenvalue weighted by Crippen LogP contribution is 2.23. The predicted molar refractivity (Wildman–Crippen MR) is 97.8 cm³/mol. The van der Waals surface area contributed by atoms with Gasteiger partial charge in [-0.1, -0.05) is 6.07 Å². The maximum Gasteiger partial charge on any atom is 0.309 e. The number of nitrogens with two attached hydrogens (primary N) is 1. The first-order chi connectivity index (χ1) is 12.5. The van der Waals surface area contributed by atoms with Crippen molar-refractivity contribution in [3.8, 4) is 11.9 Å². The molecular weight excluding hydrogens is 332 g/mol. The minimum atomic E-state index is -0.457. The molecule has 0 bridgehead atoms. The Kier molecular flexibility index (Phi) is 5.17. The van der Waals surface area contributed by atoms with Crippen LogP contribution in [0.3, 0.4) is 0 Å². The van der Waals surface area contributed by atoms with Crippen LogP contribution in [0.15, 0.2) is 30.3 Å². The number of nitriles is 1. The van der Waals surface area contributed by atoms with E-state index >= 15 is 0 Å². The van der Waals surface area contributed by atoms with E-state index in [0.29, 0.717) is 11.5 Å². The first-order valence-corrected chi connectivity index (χ1v) is 8.38. The quantitative estimate of drug-likeness (QED) is 0.802. The van der Waals surface area contributed by atoms with Gasteiger partial charge in [0.05, 0.1) is 11.6 Å². The van der Waals surface area contributed by atoms with Gasteiger partial charge in [0.2, 0.25) is 11.8 Å². The second-order valence-corrected chi connectivity index (χ2v) is 6.12. The number of piperidine rings is 1. The molecule has 0 radical (unpaired) electrons. The lowest BCUT2D eigenvalue weighted by Gasteiger charge is -2.34. The maximum absolute atomic E-state index is 11.1. The van der Waals surface area contributed by atoms with E-state index in [1.165, 1.54) is 13.0 Å². The summed E-state index contributed by atoms with van der Waals surface area (Å²) in [6.07, 6.45) is 1.77. The number of esters is 1. The smallest absolute Gasteiger partial charge is 0.309 e. The molecule has 1 aromatic heterocycles. The van der Waals surface area contributed by atoms with Gasteiger partial charge in [0.25, 0.3) is 0 Å². The van der Waals surface area contributed by atoms with Gasteiger partial charge in [0.15, 0.2) is 0 Å². The van der Waals surface area contributed by atoms with Gasteiger partial charge >= 0.3 is 5.97 Å². The molecule has 3 N–H and O–H groups in total. The van der Waals surface area contributed by atoms with Crippen LogP contribution in [0.2, 0.25) is 0 Å². The summed E-state index contributed by atoms with van der Waals surface area (Å²) < 4.78 is 4.98. The van der Waals surface area contributed by atoms with E-state index in [-0.39, 0.29) is 17.7 Å². The Morgan fingerprint density at radius 3 is 2.81 bits per heavy atom. The Bertz CT molecular complexity index is 840. The number of carbonyl (C=O) groups excluding carboxylic acids is 1. The molecule has 8 nitrogen and oxygen atoms in total. The predicted octanol–water partition coefficient (Wildman–Crippen LogP) is 1.94. The molecule has 0 unspecified atom stereocenters. The molecule has 0 amide bonds. The fourth-order valence-corrected chi connectivity index (χ4v) is 2.94. The number of aromatic nitrogens is 2. The number of nitrogens with zero attached hydrogens (tertiary/aromatic N) is 4. The van der Waals surface area contributed by atoms with E-state index in [2.05, 4.69) is 26.3 Å². The zero-order valence-corrected chi connectivity index (χ0v) is 14.5. The molecule has 3 rings (SSSR count). The normalized spacial score (nSPS) is 14.5. The standard InChI is InChI=1S/C18H20N6O2/c1-12(25)26-17-10-16(20)22-18(23-17)21-14-5-7-24(8-6-14)15-4-2-3-13(9-15)11-19/h2-4,9-10,14H,5-8H2,1H3,(H3,20,21,22,23). The number of hydrogen-bond donors (Lipinski definition) is 2. The number of hydrogen-bond acceptors (Lipinski definition) is 8. The molecule has 0 aliphatic carbocycles. The van der Waals surface area contributed by atoms with Gasteiger partial charge < -0.3 is 20.7 Å². The molecule has 8 heteroatoms. The van der Waals surface area contributed by atoms with Crippen LogP contribution >= 0.6 is 0 Å². The highest BCUT2D eigenvalue weighted by molar-refractivity contribution is 5.69. The summed E-state index contributed by atoms with van der Waals surface area (Å²) in [6.45, 7) is 3.01. The number of rotatable bonds is 4. The first-order valence-electron chi connectivity index (χ1n) is 8.38. The van der Waals surface area contributed by atoms with Crippen LogP contribution in [0.1, 0.15) is 25.3 Å². The summed E-state index contributed by atoms with van der Waals surface area (Å²) in [4.78, 5) is 21.6. The number of carbonyl (C=O) groups is 1. The van der Waals surface area contributed by atoms with Crippen molar-refractivity contribution in [1.82, 2.24) is 9.97 Å². The summed E-state index contributed by atoms with van der Waals surface area (Å²) in [7, 11) is 0. The largest absolute Gasteiger partial charge is 0.407 e. The van der Waals surface area contributed by atoms with E-state index in [1.54, 1.807) is 6.07 Å². The molecule has 2 heterocycles. The van der Waals surface area contributed by atoms with Crippen LogP contribution in [-0.2, 0) is 4.79 Å². The molecule has 1 saturated heterocycles. The van der Waals surface area contributed by atoms with Crippen molar-refractivity contribution in [3.63, 3.8) is 0 Å². The van der Waals surface area contributed by atoms with Crippen LogP contribution in [-0.4, -0.2) is 35.1 Å². The highest BCUT2D eigenvalue weighted by atomic mass is 16.5. The minimum absolute atomic E-state index is 0.137. The second kappa shape index (κ2) is 7.70. The number of ether oxygens (including phenoxy) is 1. The Morgan fingerprint density at radius 1 is 1.35 bits per heavy atom. The molecule has 2 aromatic rings. The Labute approximate surface area is 151 Å². The van der Waals surface area contributed by atoms with Gasteiger partial charge in [-0.3, -0.25) is 4.79 Å². The highest BCUT2D eigenvalue weighted by Gasteiger charge is 2.20. The van der Waals surface area contributed by atoms with Gasteiger partial charge in [-0.2, -0.15) is 15.2 Å². The molecule has 1 aliphatic rings. The summed E-state index contributed by atoms with van der Waals surface area (Å²) >= 11 is 0. The third kappa shape index (κ3) is 4.39. The van der Waals surface area contributed by atoms with Gasteiger partial charge in [0, 0.05) is 37.8 Å². The average molecular weight is 352 g/mol. The van der Waals surface area contributed by atoms with Crippen LogP contribution in [0.5, 0.6) is 5.88 Å². The Hall–Kier alpha value is -3.34. The van der Waals surface area contributed by atoms with Gasteiger partial charge in [-0.05, 0) is 31.0 Å². The van der Waals surface area contributed by atoms with Gasteiger partial charge in [-0.15, -0.1) is 0 Å². The average Bonchev–Trinajstić information content (AvgIpc) is 2.61. The van der Waals surface area contributed by atoms with Crippen molar-refractivity contribution < 1.29 is 9.53 Å². The molecule has 0 saturated carbocycles. The molecule has 26 heavy (non-hydrogen) atoms. The van der Waals surface area contributed by atoms with Crippen LogP contribution in [0.25, 0.3) is 0 Å². The zero-order chi connectivity index (χ0) is 18.5. The zero-order valence-electron chi connectivity index (χ0n) is 14.5. The molecule has 1 fully saturated rings. The lowest BCUT2D eigenvalue weighted by atomic mass is 10.0. The van der Waals surface area contributed by atoms with Gasteiger partial charge in [-0.25, -0.2) is 0 Å². The Balaban J connectivity index is 1.61. The fraction of sp³-hybridized carbons (Fsp3) is 0.333. The first kappa shape index (κ1) is 17.5. The van der Waals surface area contributed by atoms with Crippen molar-refractivity contribution >= 4 is 23.4 Å². The number of nitrogen functional groups attached to an aromatic ring is 1. The van der Waals surface area contributed by atoms with E-state index < -0.39 is 5.97 Å². The van der Waals surface area contributed by atoms with Crippen molar-refractivity contribution in [2.75, 3.05) is 29.0 Å². The molecular formula is C18H20N6O2. The number of anilines is 3. The molecule has 134 valence electrons. The molecule has 1 aromatic carbocycles. The lowest BCUT2D eigenvalue weighted by molar-refractivity contribution is -0.132. The maximum atomic E-state index is 11.1. The molecule has 0 atom stereocenters. The summed E-state index contributed by atoms with van der Waals surface area (Å²) in [5.74, 6) is 0.274. The summed E-state index contributed by atoms with van der Waals surface area (Å²) in [6, 6.07) is 11.4. The Morgan fingerprint density at radius 2 is 2.12 bits per heavy atom. The number of nitrogens with one attached hydrogen (secondary N) is 1. The monoisotopic (exact) mass is 352 g/mol. The molecule has 1 aliphatic heterocycles.